The van der Waals surface area contributed by atoms with Crippen LogP contribution in [0.1, 0.15) is 39.5 Å². The van der Waals surface area contributed by atoms with Gasteiger partial charge in [-0.15, -0.1) is 0 Å². The molecule has 0 aliphatic rings. The van der Waals surface area contributed by atoms with Gasteiger partial charge in [0.25, 0.3) is 0 Å². The van der Waals surface area contributed by atoms with Crippen LogP contribution in [-0.4, -0.2) is 11.2 Å². The number of hydrogen-bond acceptors (Lipinski definition) is 1. The van der Waals surface area contributed by atoms with Gasteiger partial charge in [-0.2, -0.15) is 0 Å². The Morgan fingerprint density at radius 3 is 2.42 bits per heavy atom. The topological polar surface area (TPSA) is 20.2 Å². The molecule has 0 aliphatic carbocycles. The van der Waals surface area contributed by atoms with Crippen molar-refractivity contribution < 1.29 is 5.11 Å². The van der Waals surface area contributed by atoms with E-state index in [1.165, 1.54) is 0 Å². The third kappa shape index (κ3) is 7.55. The maximum Gasteiger partial charge on any atom is 0.0540 e. The minimum absolute atomic E-state index is 0.121. The first kappa shape index (κ1) is 11.4. The molecule has 1 nitrogen and oxygen atoms in total. The van der Waals surface area contributed by atoms with Crippen molar-refractivity contribution in [1.29, 1.82) is 0 Å². The highest BCUT2D eigenvalue weighted by Crippen LogP contribution is 2.01. The summed E-state index contributed by atoms with van der Waals surface area (Å²) in [5, 5.41) is 9.21. The molecule has 70 valence electrons. The highest BCUT2D eigenvalue weighted by Gasteiger charge is 1.96. The van der Waals surface area contributed by atoms with E-state index in [-0.39, 0.29) is 6.10 Å². The van der Waals surface area contributed by atoms with Crippen LogP contribution in [0, 0.1) is 0 Å². The minimum atomic E-state index is -0.121. The zero-order chi connectivity index (χ0) is 9.23. The van der Waals surface area contributed by atoms with Crippen LogP contribution in [0.2, 0.25) is 0 Å². The van der Waals surface area contributed by atoms with Crippen LogP contribution in [0.3, 0.4) is 0 Å². The predicted molar refractivity (Wildman–Crippen MR) is 54.1 cm³/mol. The maximum atomic E-state index is 9.21. The first-order chi connectivity index (χ1) is 5.81. The van der Waals surface area contributed by atoms with Crippen LogP contribution in [0.5, 0.6) is 0 Å². The van der Waals surface area contributed by atoms with Crippen LogP contribution < -0.4 is 0 Å². The predicted octanol–water partition coefficient (Wildman–Crippen LogP) is 3.06. The Labute approximate surface area is 75.8 Å². The second-order valence-electron chi connectivity index (χ2n) is 2.90. The third-order valence-corrected chi connectivity index (χ3v) is 1.76. The molecule has 0 heterocycles. The Bertz CT molecular complexity index is 136. The molecule has 1 atom stereocenters. The second-order valence-corrected chi connectivity index (χ2v) is 2.90. The van der Waals surface area contributed by atoms with Gasteiger partial charge in [0.05, 0.1) is 6.10 Å². The summed E-state index contributed by atoms with van der Waals surface area (Å²) in [4.78, 5) is 0. The van der Waals surface area contributed by atoms with E-state index in [1.54, 1.807) is 0 Å². The van der Waals surface area contributed by atoms with Gasteiger partial charge in [-0.05, 0) is 25.7 Å². The standard InChI is InChI=1S/C11H20O/c1-3-5-6-7-8-9-10-11(12)4-2/h5-8,11-12H,3-4,9-10H2,1-2H3/b6-5+,8-7-. The van der Waals surface area contributed by atoms with Crippen molar-refractivity contribution in [2.75, 3.05) is 0 Å². The summed E-state index contributed by atoms with van der Waals surface area (Å²) in [5.41, 5.74) is 0. The van der Waals surface area contributed by atoms with Crippen LogP contribution in [0.25, 0.3) is 0 Å². The van der Waals surface area contributed by atoms with Gasteiger partial charge < -0.3 is 5.11 Å². The Morgan fingerprint density at radius 1 is 1.17 bits per heavy atom. The van der Waals surface area contributed by atoms with Gasteiger partial charge in [0.2, 0.25) is 0 Å². The van der Waals surface area contributed by atoms with Crippen LogP contribution in [0.4, 0.5) is 0 Å². The molecule has 0 spiro atoms. The summed E-state index contributed by atoms with van der Waals surface area (Å²) in [6.07, 6.45) is 12.0. The smallest absolute Gasteiger partial charge is 0.0540 e. The van der Waals surface area contributed by atoms with E-state index in [4.69, 9.17) is 0 Å². The first-order valence-electron chi connectivity index (χ1n) is 4.81. The highest BCUT2D eigenvalue weighted by molar-refractivity contribution is 5.01. The quantitative estimate of drug-likeness (QED) is 0.604. The van der Waals surface area contributed by atoms with E-state index >= 15 is 0 Å². The zero-order valence-electron chi connectivity index (χ0n) is 8.16. The monoisotopic (exact) mass is 168 g/mol. The summed E-state index contributed by atoms with van der Waals surface area (Å²) in [6, 6.07) is 0. The highest BCUT2D eigenvalue weighted by atomic mass is 16.3. The van der Waals surface area contributed by atoms with Crippen molar-refractivity contribution in [3.8, 4) is 0 Å². The molecule has 0 saturated carbocycles. The maximum absolute atomic E-state index is 9.21. The Hall–Kier alpha value is -0.560. The summed E-state index contributed by atoms with van der Waals surface area (Å²) in [7, 11) is 0. The molecule has 0 aromatic rings. The SMILES string of the molecule is CC/C=C/C=C\CCC(O)CC. The van der Waals surface area contributed by atoms with Crippen molar-refractivity contribution in [2.24, 2.45) is 0 Å². The lowest BCUT2D eigenvalue weighted by atomic mass is 10.1. The average Bonchev–Trinajstić information content (AvgIpc) is 2.10. The average molecular weight is 168 g/mol. The fourth-order valence-corrected chi connectivity index (χ4v) is 0.882. The Morgan fingerprint density at radius 2 is 1.83 bits per heavy atom. The van der Waals surface area contributed by atoms with Gasteiger partial charge in [-0.3, -0.25) is 0 Å². The van der Waals surface area contributed by atoms with Crippen molar-refractivity contribution in [3.05, 3.63) is 24.3 Å². The molecular formula is C11H20O. The van der Waals surface area contributed by atoms with Crippen LogP contribution >= 0.6 is 0 Å². The van der Waals surface area contributed by atoms with Gasteiger partial charge >= 0.3 is 0 Å². The normalized spacial score (nSPS) is 14.6. The second kappa shape index (κ2) is 8.54. The lowest BCUT2D eigenvalue weighted by Crippen LogP contribution is -2.02. The molecule has 0 aromatic carbocycles. The molecule has 0 fully saturated rings. The molecule has 0 aliphatic heterocycles. The van der Waals surface area contributed by atoms with E-state index < -0.39 is 0 Å². The molecule has 0 saturated heterocycles. The number of rotatable bonds is 6. The van der Waals surface area contributed by atoms with Crippen molar-refractivity contribution in [3.63, 3.8) is 0 Å². The molecule has 1 unspecified atom stereocenters. The minimum Gasteiger partial charge on any atom is -0.393 e. The fourth-order valence-electron chi connectivity index (χ4n) is 0.882. The number of aliphatic hydroxyl groups is 1. The van der Waals surface area contributed by atoms with E-state index in [2.05, 4.69) is 25.2 Å². The third-order valence-electron chi connectivity index (χ3n) is 1.76. The Kier molecular flexibility index (Phi) is 8.14. The van der Waals surface area contributed by atoms with Gasteiger partial charge in [0.15, 0.2) is 0 Å². The van der Waals surface area contributed by atoms with E-state index in [1.807, 2.05) is 13.0 Å². The van der Waals surface area contributed by atoms with Crippen molar-refractivity contribution in [1.82, 2.24) is 0 Å². The molecule has 0 rings (SSSR count). The molecule has 0 radical (unpaired) electrons. The van der Waals surface area contributed by atoms with Crippen LogP contribution in [0.15, 0.2) is 24.3 Å². The van der Waals surface area contributed by atoms with E-state index in [9.17, 15) is 5.11 Å². The van der Waals surface area contributed by atoms with Gasteiger partial charge in [0, 0.05) is 0 Å². The molecule has 0 amide bonds. The summed E-state index contributed by atoms with van der Waals surface area (Å²) < 4.78 is 0. The Balaban J connectivity index is 3.29. The largest absolute Gasteiger partial charge is 0.393 e. The number of allylic oxidation sites excluding steroid dienone is 4. The molecule has 1 heteroatoms. The summed E-state index contributed by atoms with van der Waals surface area (Å²) in [5.74, 6) is 0. The molecule has 1 N–H and O–H groups in total. The van der Waals surface area contributed by atoms with E-state index in [0.29, 0.717) is 0 Å². The lowest BCUT2D eigenvalue weighted by molar-refractivity contribution is 0.161. The number of aliphatic hydroxyl groups excluding tert-OH is 1. The van der Waals surface area contributed by atoms with Crippen molar-refractivity contribution in [2.45, 2.75) is 45.6 Å². The zero-order valence-corrected chi connectivity index (χ0v) is 8.16. The van der Waals surface area contributed by atoms with Gasteiger partial charge in [0.1, 0.15) is 0 Å². The molecule has 12 heavy (non-hydrogen) atoms. The van der Waals surface area contributed by atoms with Gasteiger partial charge in [-0.25, -0.2) is 0 Å². The number of hydrogen-bond donors (Lipinski definition) is 1. The first-order valence-corrected chi connectivity index (χ1v) is 4.81. The molecule has 0 bridgehead atoms. The molecular weight excluding hydrogens is 148 g/mol. The summed E-state index contributed by atoms with van der Waals surface area (Å²) in [6.45, 7) is 4.12. The van der Waals surface area contributed by atoms with E-state index in [0.717, 1.165) is 25.7 Å². The van der Waals surface area contributed by atoms with Crippen LogP contribution in [-0.2, 0) is 0 Å². The summed E-state index contributed by atoms with van der Waals surface area (Å²) >= 11 is 0. The molecule has 0 aromatic heterocycles. The fraction of sp³-hybridized carbons (Fsp3) is 0.636. The van der Waals surface area contributed by atoms with Crippen molar-refractivity contribution >= 4 is 0 Å². The van der Waals surface area contributed by atoms with Gasteiger partial charge in [-0.1, -0.05) is 38.2 Å². The lowest BCUT2D eigenvalue weighted by Gasteiger charge is -2.02.